The van der Waals surface area contributed by atoms with Crippen molar-refractivity contribution in [3.63, 3.8) is 0 Å². The molecule has 4 nitrogen and oxygen atoms in total. The van der Waals surface area contributed by atoms with Gasteiger partial charge in [-0.05, 0) is 0 Å². The summed E-state index contributed by atoms with van der Waals surface area (Å²) in [4.78, 5) is 19.3. The van der Waals surface area contributed by atoms with Gasteiger partial charge in [0.15, 0.2) is 0 Å². The van der Waals surface area contributed by atoms with Gasteiger partial charge in [-0.1, -0.05) is 0 Å². The second-order valence-electron chi connectivity index (χ2n) is 1.29. The van der Waals surface area contributed by atoms with Crippen LogP contribution in [0, 0.1) is 0 Å². The molecule has 0 aromatic carbocycles. The molecular weight excluding hydrogens is 366 g/mol. The average Bonchev–Trinajstić information content (AvgIpc) is 1.61. The number of carboxylic acids is 2. The van der Waals surface area contributed by atoms with Crippen molar-refractivity contribution in [3.05, 3.63) is 0 Å². The van der Waals surface area contributed by atoms with E-state index in [1.165, 1.54) is 0 Å². The second kappa shape index (κ2) is 9.40. The fourth-order valence-electron chi connectivity index (χ4n) is 0.214. The van der Waals surface area contributed by atoms with Crippen molar-refractivity contribution in [2.45, 2.75) is 12.8 Å². The Labute approximate surface area is 92.0 Å². The van der Waals surface area contributed by atoms with Crippen molar-refractivity contribution in [3.8, 4) is 0 Å². The lowest BCUT2D eigenvalue weighted by Crippen LogP contribution is -2.00. The van der Waals surface area contributed by atoms with Gasteiger partial charge in [0.05, 0.1) is 12.8 Å². The van der Waals surface area contributed by atoms with E-state index in [1.54, 1.807) is 0 Å². The maximum absolute atomic E-state index is 9.64. The highest BCUT2D eigenvalue weighted by molar-refractivity contribution is 14.0. The molecule has 10 heavy (non-hydrogen) atoms. The monoisotopic (exact) mass is 374 g/mol. The number of carboxylic acid groups (broad SMARTS) is 2. The third-order valence-corrected chi connectivity index (χ3v) is 0.553. The van der Waals surface area contributed by atoms with Gasteiger partial charge in [-0.3, -0.25) is 9.59 Å². The van der Waals surface area contributed by atoms with Gasteiger partial charge in [0.25, 0.3) is 0 Å². The highest BCUT2D eigenvalue weighted by Gasteiger charge is 2.00. The van der Waals surface area contributed by atoms with Crippen LogP contribution in [-0.4, -0.2) is 22.2 Å². The first-order valence-electron chi connectivity index (χ1n) is 2.06. The van der Waals surface area contributed by atoms with E-state index in [1.807, 2.05) is 0 Å². The summed E-state index contributed by atoms with van der Waals surface area (Å²) >= 11 is 0. The van der Waals surface area contributed by atoms with E-state index in [-0.39, 0.29) is 60.8 Å². The molecule has 0 aromatic heterocycles. The van der Waals surface area contributed by atoms with Gasteiger partial charge in [-0.2, -0.15) is 0 Å². The molecule has 0 rings (SSSR count). The van der Waals surface area contributed by atoms with Crippen molar-refractivity contribution in [2.75, 3.05) is 0 Å². The molecule has 0 saturated carbocycles. The van der Waals surface area contributed by atoms with Crippen LogP contribution in [0.3, 0.4) is 0 Å². The molecule has 0 atom stereocenters. The van der Waals surface area contributed by atoms with Crippen LogP contribution in [0.15, 0.2) is 0 Å². The topological polar surface area (TPSA) is 74.6 Å². The minimum Gasteiger partial charge on any atom is -0.481 e. The summed E-state index contributed by atoms with van der Waals surface area (Å²) in [6.45, 7) is 0. The van der Waals surface area contributed by atoms with Crippen molar-refractivity contribution in [2.24, 2.45) is 0 Å². The fraction of sp³-hybridized carbons (Fsp3) is 0.500. The van der Waals surface area contributed by atoms with E-state index in [9.17, 15) is 9.59 Å². The molecule has 0 saturated heterocycles. The van der Waals surface area contributed by atoms with E-state index in [4.69, 9.17) is 10.2 Å². The number of rotatable bonds is 3. The quantitative estimate of drug-likeness (QED) is 0.728. The van der Waals surface area contributed by atoms with Gasteiger partial charge < -0.3 is 10.2 Å². The molecule has 2 N–H and O–H groups in total. The summed E-state index contributed by atoms with van der Waals surface area (Å²) in [5, 5.41) is 15.8. The highest BCUT2D eigenvalue weighted by Crippen LogP contribution is 1.85. The Bertz CT molecular complexity index is 99.8. The van der Waals surface area contributed by atoms with Crippen LogP contribution in [-0.2, 0) is 9.59 Å². The van der Waals surface area contributed by atoms with E-state index in [2.05, 4.69) is 0 Å². The smallest absolute Gasteiger partial charge is 0.303 e. The lowest BCUT2D eigenvalue weighted by molar-refractivity contribution is -0.143. The summed E-state index contributed by atoms with van der Waals surface area (Å²) in [5.74, 6) is -2.15. The Balaban J connectivity index is -0.000000245. The van der Waals surface area contributed by atoms with Crippen molar-refractivity contribution >= 4 is 59.9 Å². The average molecular weight is 374 g/mol. The normalized spacial score (nSPS) is 6.80. The third-order valence-electron chi connectivity index (χ3n) is 0.553. The van der Waals surface area contributed by atoms with Gasteiger partial charge >= 0.3 is 11.9 Å². The largest absolute Gasteiger partial charge is 0.481 e. The third kappa shape index (κ3) is 15.8. The SMILES string of the molecule is I.I.O=C(O)CCC(=O)O. The fourth-order valence-corrected chi connectivity index (χ4v) is 0.214. The highest BCUT2D eigenvalue weighted by atomic mass is 127. The number of aliphatic carboxylic acids is 2. The molecule has 0 spiro atoms. The summed E-state index contributed by atoms with van der Waals surface area (Å²) < 4.78 is 0. The minimum atomic E-state index is -1.08. The van der Waals surface area contributed by atoms with Crippen LogP contribution in [0.4, 0.5) is 0 Å². The predicted octanol–water partition coefficient (Wildman–Crippen LogP) is 1.17. The molecule has 0 aromatic rings. The lowest BCUT2D eigenvalue weighted by atomic mass is 10.3. The number of hydrogen-bond acceptors (Lipinski definition) is 2. The van der Waals surface area contributed by atoms with Gasteiger partial charge in [0, 0.05) is 0 Å². The van der Waals surface area contributed by atoms with Crippen molar-refractivity contribution < 1.29 is 19.8 Å². The van der Waals surface area contributed by atoms with Crippen LogP contribution in [0.1, 0.15) is 12.8 Å². The summed E-state index contributed by atoms with van der Waals surface area (Å²) in [7, 11) is 0. The second-order valence-corrected chi connectivity index (χ2v) is 1.29. The Kier molecular flexibility index (Phi) is 15.8. The molecule has 0 heterocycles. The van der Waals surface area contributed by atoms with Crippen LogP contribution >= 0.6 is 48.0 Å². The Morgan fingerprint density at radius 3 is 1.20 bits per heavy atom. The van der Waals surface area contributed by atoms with Crippen molar-refractivity contribution in [1.29, 1.82) is 0 Å². The first-order chi connectivity index (χ1) is 3.63. The summed E-state index contributed by atoms with van der Waals surface area (Å²) in [5.41, 5.74) is 0. The van der Waals surface area contributed by atoms with Gasteiger partial charge in [0.2, 0.25) is 0 Å². The first kappa shape index (κ1) is 16.8. The van der Waals surface area contributed by atoms with Gasteiger partial charge in [-0.15, -0.1) is 48.0 Å². The zero-order valence-electron chi connectivity index (χ0n) is 4.94. The zero-order chi connectivity index (χ0) is 6.57. The van der Waals surface area contributed by atoms with Crippen LogP contribution < -0.4 is 0 Å². The van der Waals surface area contributed by atoms with Crippen LogP contribution in [0.2, 0.25) is 0 Å². The first-order valence-corrected chi connectivity index (χ1v) is 2.06. The molecule has 6 heteroatoms. The summed E-state index contributed by atoms with van der Waals surface area (Å²) in [6, 6.07) is 0. The predicted molar refractivity (Wildman–Crippen MR) is 55.3 cm³/mol. The molecule has 0 aliphatic heterocycles. The zero-order valence-corrected chi connectivity index (χ0v) is 9.60. The molecule has 0 aliphatic rings. The number of hydrogen-bond donors (Lipinski definition) is 2. The Hall–Kier alpha value is 0.400. The molecule has 62 valence electrons. The molecule has 0 fully saturated rings. The molecule has 0 aliphatic carbocycles. The number of carbonyl (C=O) groups is 2. The van der Waals surface area contributed by atoms with E-state index >= 15 is 0 Å². The maximum atomic E-state index is 9.64. The van der Waals surface area contributed by atoms with E-state index in [0.29, 0.717) is 0 Å². The van der Waals surface area contributed by atoms with Crippen LogP contribution in [0.25, 0.3) is 0 Å². The van der Waals surface area contributed by atoms with Crippen LogP contribution in [0.5, 0.6) is 0 Å². The number of halogens is 2. The lowest BCUT2D eigenvalue weighted by Gasteiger charge is -1.85. The standard InChI is InChI=1S/C4H6O4.2HI/c5-3(6)1-2-4(7)8;;/h1-2H2,(H,5,6)(H,7,8);2*1H. The minimum absolute atomic E-state index is 0. The maximum Gasteiger partial charge on any atom is 0.303 e. The summed E-state index contributed by atoms with van der Waals surface area (Å²) in [6.07, 6.45) is -0.593. The molecule has 0 unspecified atom stereocenters. The Morgan fingerprint density at radius 1 is 0.900 bits per heavy atom. The van der Waals surface area contributed by atoms with Gasteiger partial charge in [-0.25, -0.2) is 0 Å². The molecular formula is C4H8I2O4. The molecule has 0 bridgehead atoms. The molecule has 0 radical (unpaired) electrons. The van der Waals surface area contributed by atoms with E-state index in [0.717, 1.165) is 0 Å². The van der Waals surface area contributed by atoms with Gasteiger partial charge in [0.1, 0.15) is 0 Å². The Morgan fingerprint density at radius 2 is 1.10 bits per heavy atom. The van der Waals surface area contributed by atoms with Crippen molar-refractivity contribution in [1.82, 2.24) is 0 Å². The molecule has 0 amide bonds. The van der Waals surface area contributed by atoms with E-state index < -0.39 is 11.9 Å².